The van der Waals surface area contributed by atoms with Crippen LogP contribution in [0.4, 0.5) is 0 Å². The number of H-pyrrole nitrogens is 1. The molecule has 1 aromatic carbocycles. The van der Waals surface area contributed by atoms with Crippen LogP contribution in [0.25, 0.3) is 10.9 Å². The lowest BCUT2D eigenvalue weighted by Gasteiger charge is -2.29. The molecule has 1 saturated carbocycles. The lowest BCUT2D eigenvalue weighted by Crippen LogP contribution is -2.55. The smallest absolute Gasteiger partial charge is 0.289 e. The maximum absolute atomic E-state index is 14.0. The van der Waals surface area contributed by atoms with Crippen LogP contribution in [0.5, 0.6) is 0 Å². The normalized spacial score (nSPS) is 23.6. The number of hydrogen-bond donors (Lipinski definition) is 4. The van der Waals surface area contributed by atoms with E-state index in [1.54, 1.807) is 23.1 Å². The molecule has 4 N–H and O–H groups in total. The molecule has 5 rings (SSSR count). The van der Waals surface area contributed by atoms with E-state index in [1.165, 1.54) is 0 Å². The van der Waals surface area contributed by atoms with Gasteiger partial charge >= 0.3 is 0 Å². The Morgan fingerprint density at radius 3 is 2.64 bits per heavy atom. The Labute approximate surface area is 266 Å². The van der Waals surface area contributed by atoms with E-state index in [9.17, 15) is 24.0 Å². The Hall–Kier alpha value is -3.15. The van der Waals surface area contributed by atoms with Crippen molar-refractivity contribution in [1.82, 2.24) is 25.8 Å². The third-order valence-corrected chi connectivity index (χ3v) is 9.36. The molecule has 3 fully saturated rings. The van der Waals surface area contributed by atoms with Crippen molar-refractivity contribution >= 4 is 63.5 Å². The predicted octanol–water partition coefficient (Wildman–Crippen LogP) is 3.08. The molecule has 5 atom stereocenters. The fraction of sp³-hybridized carbons (Fsp3) is 0.581. The lowest BCUT2D eigenvalue weighted by atomic mass is 9.91. The highest BCUT2D eigenvalue weighted by Gasteiger charge is 2.50. The number of nitrogens with zero attached hydrogens (tertiary/aromatic N) is 1. The van der Waals surface area contributed by atoms with Crippen molar-refractivity contribution in [2.75, 3.05) is 32.8 Å². The molecule has 0 unspecified atom stereocenters. The van der Waals surface area contributed by atoms with Crippen LogP contribution in [0.1, 0.15) is 56.4 Å². The second-order valence-electron chi connectivity index (χ2n) is 12.5. The number of rotatable bonds is 12. The van der Waals surface area contributed by atoms with Gasteiger partial charge in [0, 0.05) is 48.1 Å². The van der Waals surface area contributed by atoms with Crippen LogP contribution in [0, 0.1) is 23.7 Å². The van der Waals surface area contributed by atoms with Gasteiger partial charge in [0.15, 0.2) is 0 Å². The molecular formula is C31H39Cl2N5O6. The van der Waals surface area contributed by atoms with E-state index in [1.807, 2.05) is 13.8 Å². The van der Waals surface area contributed by atoms with E-state index in [-0.39, 0.29) is 48.9 Å². The van der Waals surface area contributed by atoms with Crippen LogP contribution in [0.2, 0.25) is 10.0 Å². The molecule has 0 bridgehead atoms. The highest BCUT2D eigenvalue weighted by atomic mass is 35.5. The third-order valence-electron chi connectivity index (χ3n) is 8.83. The van der Waals surface area contributed by atoms with Crippen molar-refractivity contribution in [2.45, 2.75) is 58.0 Å². The minimum Gasteiger partial charge on any atom is -0.379 e. The highest BCUT2D eigenvalue weighted by Crippen LogP contribution is 2.43. The molecule has 2 saturated heterocycles. The number of nitrogens with one attached hydrogen (secondary N) is 4. The summed E-state index contributed by atoms with van der Waals surface area (Å²) in [5, 5.41) is 9.57. The number of likely N-dealkylation sites (tertiary alicyclic amines) is 1. The van der Waals surface area contributed by atoms with E-state index < -0.39 is 35.6 Å². The number of Topliss-reactive ketones (excluding diaryl/α,β-unsaturated/α-hetero) is 1. The van der Waals surface area contributed by atoms with Crippen LogP contribution in [0.15, 0.2) is 18.2 Å². The summed E-state index contributed by atoms with van der Waals surface area (Å²) in [5.74, 6) is -2.90. The molecule has 44 heavy (non-hydrogen) atoms. The molecule has 3 heterocycles. The molecule has 11 nitrogen and oxygen atoms in total. The second-order valence-corrected chi connectivity index (χ2v) is 13.3. The summed E-state index contributed by atoms with van der Waals surface area (Å²) < 4.78 is 5.48. The Bertz CT molecular complexity index is 1440. The first-order valence-corrected chi connectivity index (χ1v) is 16.1. The first kappa shape index (κ1) is 32.2. The SMILES string of the molecule is CC(C)COCCNC(=O)C(=O)[C@H](C[C@@H]1CCNC1=O)NC(=O)[C@@H]1[C@H]2CCC[C@H]2CN1C(=O)c1cc2c(Cl)cc(Cl)cc2[nH]1. The lowest BCUT2D eigenvalue weighted by molar-refractivity contribution is -0.141. The average Bonchev–Trinajstić information content (AvgIpc) is 3.75. The number of amides is 4. The maximum atomic E-state index is 14.0. The fourth-order valence-electron chi connectivity index (χ4n) is 6.72. The Morgan fingerprint density at radius 2 is 1.91 bits per heavy atom. The number of carbonyl (C=O) groups excluding carboxylic acids is 5. The number of aromatic nitrogens is 1. The van der Waals surface area contributed by atoms with E-state index in [0.717, 1.165) is 19.3 Å². The topological polar surface area (TPSA) is 150 Å². The fourth-order valence-corrected chi connectivity index (χ4v) is 7.27. The molecule has 2 aromatic rings. The van der Waals surface area contributed by atoms with Crippen molar-refractivity contribution < 1.29 is 28.7 Å². The van der Waals surface area contributed by atoms with Crippen molar-refractivity contribution in [3.8, 4) is 0 Å². The van der Waals surface area contributed by atoms with Gasteiger partial charge < -0.3 is 30.6 Å². The average molecular weight is 649 g/mol. The number of ether oxygens (including phenoxy) is 1. The summed E-state index contributed by atoms with van der Waals surface area (Å²) in [6, 6.07) is 2.87. The zero-order valence-corrected chi connectivity index (χ0v) is 26.4. The monoisotopic (exact) mass is 647 g/mol. The number of fused-ring (bicyclic) bond motifs is 2. The summed E-state index contributed by atoms with van der Waals surface area (Å²) in [6.45, 7) is 5.78. The van der Waals surface area contributed by atoms with Gasteiger partial charge in [-0.25, -0.2) is 0 Å². The third kappa shape index (κ3) is 7.05. The molecular weight excluding hydrogens is 609 g/mol. The molecule has 3 aliphatic rings. The van der Waals surface area contributed by atoms with Crippen LogP contribution in [0.3, 0.4) is 0 Å². The van der Waals surface area contributed by atoms with Crippen molar-refractivity contribution in [3.05, 3.63) is 33.9 Å². The van der Waals surface area contributed by atoms with Gasteiger partial charge in [-0.2, -0.15) is 0 Å². The number of aromatic amines is 1. The van der Waals surface area contributed by atoms with Gasteiger partial charge in [0.1, 0.15) is 11.7 Å². The van der Waals surface area contributed by atoms with E-state index in [4.69, 9.17) is 27.9 Å². The number of halogens is 2. The largest absolute Gasteiger partial charge is 0.379 e. The maximum Gasteiger partial charge on any atom is 0.289 e. The zero-order chi connectivity index (χ0) is 31.5. The molecule has 0 radical (unpaired) electrons. The molecule has 1 aliphatic carbocycles. The van der Waals surface area contributed by atoms with Gasteiger partial charge in [0.05, 0.1) is 17.7 Å². The summed E-state index contributed by atoms with van der Waals surface area (Å²) in [5.41, 5.74) is 0.878. The quantitative estimate of drug-likeness (QED) is 0.205. The molecule has 13 heteroatoms. The van der Waals surface area contributed by atoms with Gasteiger partial charge in [0.2, 0.25) is 17.6 Å². The standard InChI is InChI=1S/C31H39Cl2N5O6/c1-16(2)15-44-9-8-35-30(42)27(39)24(10-17-6-7-34-28(17)40)37-29(41)26-20-5-3-4-18(20)14-38(26)31(43)25-13-21-22(33)11-19(32)12-23(21)36-25/h11-13,16-18,20,24,26,36H,3-10,14-15H2,1-2H3,(H,34,40)(H,35,42)(H,37,41)/t17-,18-,20-,24-,26-/m0/s1. The minimum atomic E-state index is -1.22. The number of hydrogen-bond acceptors (Lipinski definition) is 6. The van der Waals surface area contributed by atoms with Gasteiger partial charge in [0.25, 0.3) is 11.8 Å². The van der Waals surface area contributed by atoms with Crippen molar-refractivity contribution in [1.29, 1.82) is 0 Å². The predicted molar refractivity (Wildman–Crippen MR) is 165 cm³/mol. The van der Waals surface area contributed by atoms with Crippen LogP contribution in [-0.2, 0) is 23.9 Å². The molecule has 1 aromatic heterocycles. The zero-order valence-electron chi connectivity index (χ0n) is 24.9. The number of benzene rings is 1. The van der Waals surface area contributed by atoms with E-state index in [0.29, 0.717) is 53.0 Å². The highest BCUT2D eigenvalue weighted by molar-refractivity contribution is 6.39. The van der Waals surface area contributed by atoms with E-state index >= 15 is 0 Å². The molecule has 4 amide bonds. The van der Waals surface area contributed by atoms with Crippen molar-refractivity contribution in [3.63, 3.8) is 0 Å². The number of ketones is 1. The van der Waals surface area contributed by atoms with Gasteiger partial charge in [-0.05, 0) is 61.6 Å². The van der Waals surface area contributed by atoms with Gasteiger partial charge in [-0.1, -0.05) is 43.5 Å². The van der Waals surface area contributed by atoms with Gasteiger partial charge in [-0.3, -0.25) is 24.0 Å². The van der Waals surface area contributed by atoms with E-state index in [2.05, 4.69) is 20.9 Å². The summed E-state index contributed by atoms with van der Waals surface area (Å²) in [7, 11) is 0. The Kier molecular flexibility index (Phi) is 10.2. The van der Waals surface area contributed by atoms with Crippen molar-refractivity contribution in [2.24, 2.45) is 23.7 Å². The molecule has 2 aliphatic heterocycles. The Balaban J connectivity index is 1.33. The summed E-state index contributed by atoms with van der Waals surface area (Å²) in [4.78, 5) is 71.1. The molecule has 0 spiro atoms. The summed E-state index contributed by atoms with van der Waals surface area (Å²) >= 11 is 12.5. The first-order chi connectivity index (χ1) is 21.0. The minimum absolute atomic E-state index is 0.0102. The summed E-state index contributed by atoms with van der Waals surface area (Å²) in [6.07, 6.45) is 3.07. The van der Waals surface area contributed by atoms with Crippen LogP contribution < -0.4 is 16.0 Å². The Morgan fingerprint density at radius 1 is 1.11 bits per heavy atom. The molecule has 238 valence electrons. The number of carbonyl (C=O) groups is 5. The first-order valence-electron chi connectivity index (χ1n) is 15.3. The second kappa shape index (κ2) is 13.9. The van der Waals surface area contributed by atoms with Crippen LogP contribution in [-0.4, -0.2) is 84.2 Å². The van der Waals surface area contributed by atoms with Crippen LogP contribution >= 0.6 is 23.2 Å². The van der Waals surface area contributed by atoms with Gasteiger partial charge in [-0.15, -0.1) is 0 Å².